The van der Waals surface area contributed by atoms with E-state index in [1.54, 1.807) is 0 Å². The number of pyridine rings is 1. The van der Waals surface area contributed by atoms with E-state index in [2.05, 4.69) is 21.9 Å². The lowest BCUT2D eigenvalue weighted by Crippen LogP contribution is -2.28. The number of rotatable bonds is 1. The fraction of sp³-hybridized carbons (Fsp3) is 0.500. The summed E-state index contributed by atoms with van der Waals surface area (Å²) in [4.78, 5) is 6.75. The summed E-state index contributed by atoms with van der Waals surface area (Å²) in [5.41, 5.74) is 8.09. The number of nitrogens with zero attached hydrogens (tertiary/aromatic N) is 4. The number of aromatic nitrogens is 3. The van der Waals surface area contributed by atoms with Gasteiger partial charge in [-0.3, -0.25) is 0 Å². The van der Waals surface area contributed by atoms with Gasteiger partial charge in [-0.15, -0.1) is 5.10 Å². The van der Waals surface area contributed by atoms with Crippen molar-refractivity contribution in [1.29, 1.82) is 0 Å². The number of nitrogens with two attached hydrogens (primary N) is 1. The summed E-state index contributed by atoms with van der Waals surface area (Å²) in [5, 5.41) is 4.50. The molecule has 5 heteroatoms. The molecule has 1 saturated heterocycles. The number of fused-ring (bicyclic) bond motifs is 1. The van der Waals surface area contributed by atoms with E-state index < -0.39 is 0 Å². The molecule has 2 atom stereocenters. The summed E-state index contributed by atoms with van der Waals surface area (Å²) in [7, 11) is 0. The van der Waals surface area contributed by atoms with Gasteiger partial charge in [0.15, 0.2) is 5.65 Å². The van der Waals surface area contributed by atoms with Crippen molar-refractivity contribution < 1.29 is 0 Å². The Labute approximate surface area is 100 Å². The molecule has 2 unspecified atom stereocenters. The summed E-state index contributed by atoms with van der Waals surface area (Å²) in [5.74, 6) is 1.29. The quantitative estimate of drug-likeness (QED) is 0.789. The number of hydrogen-bond acceptors (Lipinski definition) is 4. The minimum Gasteiger partial charge on any atom is -0.338 e. The van der Waals surface area contributed by atoms with Crippen LogP contribution in [0.5, 0.6) is 0 Å². The van der Waals surface area contributed by atoms with Gasteiger partial charge >= 0.3 is 0 Å². The van der Waals surface area contributed by atoms with Gasteiger partial charge in [-0.1, -0.05) is 13.0 Å². The summed E-state index contributed by atoms with van der Waals surface area (Å²) < 4.78 is 1.83. The van der Waals surface area contributed by atoms with Gasteiger partial charge in [0.1, 0.15) is 0 Å². The van der Waals surface area contributed by atoms with E-state index in [1.165, 1.54) is 0 Å². The molecule has 17 heavy (non-hydrogen) atoms. The first-order valence-corrected chi connectivity index (χ1v) is 5.97. The molecule has 1 fully saturated rings. The van der Waals surface area contributed by atoms with Crippen molar-refractivity contribution in [3.05, 3.63) is 23.9 Å². The molecule has 3 heterocycles. The molecule has 1 aliphatic rings. The van der Waals surface area contributed by atoms with E-state index in [0.717, 1.165) is 30.2 Å². The Morgan fingerprint density at radius 2 is 2.24 bits per heavy atom. The van der Waals surface area contributed by atoms with E-state index in [-0.39, 0.29) is 6.04 Å². The third kappa shape index (κ3) is 1.67. The smallest absolute Gasteiger partial charge is 0.245 e. The Morgan fingerprint density at radius 3 is 2.88 bits per heavy atom. The van der Waals surface area contributed by atoms with E-state index >= 15 is 0 Å². The van der Waals surface area contributed by atoms with Crippen LogP contribution in [-0.2, 0) is 0 Å². The number of aryl methyl sites for hydroxylation is 1. The first-order chi connectivity index (χ1) is 8.15. The maximum atomic E-state index is 6.03. The van der Waals surface area contributed by atoms with E-state index in [0.29, 0.717) is 5.92 Å². The van der Waals surface area contributed by atoms with Crippen LogP contribution < -0.4 is 10.6 Å². The third-order valence-electron chi connectivity index (χ3n) is 3.50. The zero-order valence-electron chi connectivity index (χ0n) is 10.2. The standard InChI is InChI=1S/C12H17N5/c1-8-4-3-5-17-11(8)14-12(15-17)16-6-9(2)10(13)7-16/h3-5,9-10H,6-7,13H2,1-2H3. The predicted molar refractivity (Wildman–Crippen MR) is 67.1 cm³/mol. The summed E-state index contributed by atoms with van der Waals surface area (Å²) >= 11 is 0. The van der Waals surface area contributed by atoms with Crippen LogP contribution >= 0.6 is 0 Å². The maximum absolute atomic E-state index is 6.03. The van der Waals surface area contributed by atoms with Crippen LogP contribution in [0.1, 0.15) is 12.5 Å². The van der Waals surface area contributed by atoms with Crippen molar-refractivity contribution in [2.45, 2.75) is 19.9 Å². The summed E-state index contributed by atoms with van der Waals surface area (Å²) in [6, 6.07) is 4.26. The van der Waals surface area contributed by atoms with E-state index in [9.17, 15) is 0 Å². The van der Waals surface area contributed by atoms with Gasteiger partial charge in [0.05, 0.1) is 0 Å². The molecule has 0 aliphatic carbocycles. The summed E-state index contributed by atoms with van der Waals surface area (Å²) in [6.45, 7) is 6.01. The zero-order chi connectivity index (χ0) is 12.0. The lowest BCUT2D eigenvalue weighted by atomic mass is 10.1. The normalized spacial score (nSPS) is 24.8. The largest absolute Gasteiger partial charge is 0.338 e. The Hall–Kier alpha value is -1.62. The molecule has 0 radical (unpaired) electrons. The van der Waals surface area contributed by atoms with Crippen LogP contribution in [0, 0.1) is 12.8 Å². The van der Waals surface area contributed by atoms with Crippen LogP contribution in [-0.4, -0.2) is 33.7 Å². The molecule has 0 saturated carbocycles. The Kier molecular flexibility index (Phi) is 2.29. The van der Waals surface area contributed by atoms with Crippen molar-refractivity contribution in [3.8, 4) is 0 Å². The van der Waals surface area contributed by atoms with Gasteiger partial charge in [-0.2, -0.15) is 4.98 Å². The van der Waals surface area contributed by atoms with Gasteiger partial charge in [0, 0.05) is 25.3 Å². The molecule has 2 aromatic heterocycles. The number of hydrogen-bond donors (Lipinski definition) is 1. The SMILES string of the molecule is Cc1cccn2nc(N3CC(C)C(N)C3)nc12. The van der Waals surface area contributed by atoms with Crippen molar-refractivity contribution in [2.24, 2.45) is 11.7 Å². The number of anilines is 1. The molecule has 90 valence electrons. The average molecular weight is 231 g/mol. The second-order valence-corrected chi connectivity index (χ2v) is 4.92. The molecular formula is C12H17N5. The maximum Gasteiger partial charge on any atom is 0.245 e. The van der Waals surface area contributed by atoms with Gasteiger partial charge in [-0.05, 0) is 24.5 Å². The lowest BCUT2D eigenvalue weighted by Gasteiger charge is -2.11. The van der Waals surface area contributed by atoms with Gasteiger partial charge in [0.2, 0.25) is 5.95 Å². The second kappa shape index (κ2) is 3.70. The van der Waals surface area contributed by atoms with Crippen molar-refractivity contribution in [1.82, 2.24) is 14.6 Å². The Balaban J connectivity index is 1.99. The topological polar surface area (TPSA) is 59.5 Å². The highest BCUT2D eigenvalue weighted by Crippen LogP contribution is 2.21. The van der Waals surface area contributed by atoms with Gasteiger partial charge in [0.25, 0.3) is 0 Å². The van der Waals surface area contributed by atoms with Crippen LogP contribution in [0.15, 0.2) is 18.3 Å². The molecule has 5 nitrogen and oxygen atoms in total. The van der Waals surface area contributed by atoms with Crippen molar-refractivity contribution >= 4 is 11.6 Å². The monoisotopic (exact) mass is 231 g/mol. The molecular weight excluding hydrogens is 214 g/mol. The first-order valence-electron chi connectivity index (χ1n) is 5.97. The molecule has 1 aliphatic heterocycles. The van der Waals surface area contributed by atoms with Crippen LogP contribution in [0.25, 0.3) is 5.65 Å². The Bertz CT molecular complexity index is 537. The highest BCUT2D eigenvalue weighted by Gasteiger charge is 2.28. The third-order valence-corrected chi connectivity index (χ3v) is 3.50. The Morgan fingerprint density at radius 1 is 1.41 bits per heavy atom. The molecule has 0 bridgehead atoms. The van der Waals surface area contributed by atoms with Crippen LogP contribution in [0.2, 0.25) is 0 Å². The van der Waals surface area contributed by atoms with E-state index in [1.807, 2.05) is 29.8 Å². The van der Waals surface area contributed by atoms with Crippen LogP contribution in [0.3, 0.4) is 0 Å². The minimum atomic E-state index is 0.225. The highest BCUT2D eigenvalue weighted by molar-refractivity contribution is 5.51. The lowest BCUT2D eigenvalue weighted by molar-refractivity contribution is 0.566. The fourth-order valence-electron chi connectivity index (χ4n) is 2.32. The predicted octanol–water partition coefficient (Wildman–Crippen LogP) is 0.821. The van der Waals surface area contributed by atoms with Crippen molar-refractivity contribution in [2.75, 3.05) is 18.0 Å². The molecule has 2 N–H and O–H groups in total. The first kappa shape index (κ1) is 10.5. The molecule has 3 rings (SSSR count). The molecule has 0 spiro atoms. The zero-order valence-corrected chi connectivity index (χ0v) is 10.2. The summed E-state index contributed by atoms with van der Waals surface area (Å²) in [6.07, 6.45) is 1.93. The van der Waals surface area contributed by atoms with Crippen LogP contribution in [0.4, 0.5) is 5.95 Å². The highest BCUT2D eigenvalue weighted by atomic mass is 15.4. The van der Waals surface area contributed by atoms with Gasteiger partial charge in [-0.25, -0.2) is 4.52 Å². The van der Waals surface area contributed by atoms with Gasteiger partial charge < -0.3 is 10.6 Å². The molecule has 0 aromatic carbocycles. The van der Waals surface area contributed by atoms with Crippen molar-refractivity contribution in [3.63, 3.8) is 0 Å². The van der Waals surface area contributed by atoms with E-state index in [4.69, 9.17) is 5.73 Å². The average Bonchev–Trinajstić information content (AvgIpc) is 2.85. The molecule has 0 amide bonds. The second-order valence-electron chi connectivity index (χ2n) is 4.92. The molecule has 2 aromatic rings. The minimum absolute atomic E-state index is 0.225. The fourth-order valence-corrected chi connectivity index (χ4v) is 2.32.